The maximum absolute atomic E-state index is 10.7. The maximum atomic E-state index is 10.7. The van der Waals surface area contributed by atoms with E-state index in [-0.39, 0.29) is 31.0 Å². The third kappa shape index (κ3) is 8.13. The summed E-state index contributed by atoms with van der Waals surface area (Å²) in [5.41, 5.74) is 0. The van der Waals surface area contributed by atoms with Crippen LogP contribution in [0.5, 0.6) is 0 Å². The predicted molar refractivity (Wildman–Crippen MR) is 42.6 cm³/mol. The summed E-state index contributed by atoms with van der Waals surface area (Å²) in [5, 5.41) is 8.51. The molecule has 0 aromatic rings. The van der Waals surface area contributed by atoms with Gasteiger partial charge in [-0.3, -0.25) is 0 Å². The summed E-state index contributed by atoms with van der Waals surface area (Å²) in [5.74, 6) is -1.01. The zero-order chi connectivity index (χ0) is 8.91. The molecule has 0 spiro atoms. The standard InChI is InChI=1S/C6H10O4S.Na.H/c1-3-4-10-11(8,9)5-6(2)7;;/h3-4,7H,2,5H2,1H3;;/q;+1;-1. The number of rotatable bonds is 4. The minimum absolute atomic E-state index is 0. The van der Waals surface area contributed by atoms with Gasteiger partial charge < -0.3 is 10.7 Å². The van der Waals surface area contributed by atoms with E-state index in [1.165, 1.54) is 6.08 Å². The number of aliphatic hydroxyl groups is 1. The van der Waals surface area contributed by atoms with Crippen molar-refractivity contribution < 1.29 is 48.7 Å². The first-order valence-corrected chi connectivity index (χ1v) is 4.44. The fourth-order valence-corrected chi connectivity index (χ4v) is 1.13. The minimum atomic E-state index is -3.68. The summed E-state index contributed by atoms with van der Waals surface area (Å²) in [7, 11) is -3.68. The van der Waals surface area contributed by atoms with Gasteiger partial charge in [-0.2, -0.15) is 8.42 Å². The van der Waals surface area contributed by atoms with E-state index in [1.807, 2.05) is 0 Å². The van der Waals surface area contributed by atoms with Gasteiger partial charge in [0.05, 0.1) is 0 Å². The van der Waals surface area contributed by atoms with Crippen LogP contribution in [0, 0.1) is 0 Å². The summed E-state index contributed by atoms with van der Waals surface area (Å²) in [6, 6.07) is 0. The number of allylic oxidation sites excluding steroid dienone is 1. The molecule has 0 aliphatic carbocycles. The Bertz CT molecular complexity index is 260. The fraction of sp³-hybridized carbons (Fsp3) is 0.333. The van der Waals surface area contributed by atoms with E-state index in [4.69, 9.17) is 5.11 Å². The van der Waals surface area contributed by atoms with Crippen molar-refractivity contribution in [3.05, 3.63) is 24.7 Å². The summed E-state index contributed by atoms with van der Waals surface area (Å²) < 4.78 is 25.7. The Morgan fingerprint density at radius 3 is 2.58 bits per heavy atom. The number of aliphatic hydroxyl groups excluding tert-OH is 1. The van der Waals surface area contributed by atoms with Gasteiger partial charge in [-0.1, -0.05) is 12.7 Å². The van der Waals surface area contributed by atoms with Gasteiger partial charge in [-0.25, -0.2) is 0 Å². The fourth-order valence-electron chi connectivity index (χ4n) is 0.378. The molecule has 1 N–H and O–H groups in total. The third-order valence-electron chi connectivity index (χ3n) is 0.682. The van der Waals surface area contributed by atoms with Crippen LogP contribution in [0.3, 0.4) is 0 Å². The van der Waals surface area contributed by atoms with Crippen molar-refractivity contribution in [2.24, 2.45) is 0 Å². The van der Waals surface area contributed by atoms with E-state index in [1.54, 1.807) is 6.92 Å². The Kier molecular flexibility index (Phi) is 7.92. The van der Waals surface area contributed by atoms with Crippen LogP contribution in [0.4, 0.5) is 0 Å². The Hall–Kier alpha value is 0.0300. The molecule has 0 saturated carbocycles. The van der Waals surface area contributed by atoms with E-state index in [2.05, 4.69) is 10.8 Å². The van der Waals surface area contributed by atoms with Crippen molar-refractivity contribution in [1.82, 2.24) is 0 Å². The van der Waals surface area contributed by atoms with E-state index in [0.717, 1.165) is 6.26 Å². The quantitative estimate of drug-likeness (QED) is 0.327. The van der Waals surface area contributed by atoms with Gasteiger partial charge in [0.2, 0.25) is 0 Å². The maximum Gasteiger partial charge on any atom is 1.00 e. The van der Waals surface area contributed by atoms with Gasteiger partial charge in [-0.05, 0) is 6.92 Å². The summed E-state index contributed by atoms with van der Waals surface area (Å²) in [6.07, 6.45) is 2.45. The zero-order valence-corrected chi connectivity index (χ0v) is 9.97. The third-order valence-corrected chi connectivity index (χ3v) is 1.77. The second-order valence-electron chi connectivity index (χ2n) is 1.83. The molecule has 0 fully saturated rings. The molecule has 0 aliphatic heterocycles. The van der Waals surface area contributed by atoms with Crippen molar-refractivity contribution in [3.63, 3.8) is 0 Å². The molecule has 0 rings (SSSR count). The molecule has 0 heterocycles. The molecule has 0 aromatic carbocycles. The average Bonchev–Trinajstić information content (AvgIpc) is 1.81. The summed E-state index contributed by atoms with van der Waals surface area (Å²) in [4.78, 5) is 0. The molecule has 12 heavy (non-hydrogen) atoms. The largest absolute Gasteiger partial charge is 1.00 e. The van der Waals surface area contributed by atoms with E-state index in [0.29, 0.717) is 0 Å². The molecule has 0 aliphatic rings. The van der Waals surface area contributed by atoms with Crippen LogP contribution in [0.15, 0.2) is 24.7 Å². The Morgan fingerprint density at radius 1 is 1.75 bits per heavy atom. The normalized spacial score (nSPS) is 10.8. The van der Waals surface area contributed by atoms with Crippen LogP contribution >= 0.6 is 0 Å². The summed E-state index contributed by atoms with van der Waals surface area (Å²) >= 11 is 0. The molecule has 0 amide bonds. The SMILES string of the molecule is C=C(O)CS(=O)(=O)OC=CC.[H-].[Na+]. The number of hydrogen-bond acceptors (Lipinski definition) is 4. The first-order chi connectivity index (χ1) is 4.98. The molecule has 0 unspecified atom stereocenters. The van der Waals surface area contributed by atoms with Crippen LogP contribution in [0.25, 0.3) is 0 Å². The van der Waals surface area contributed by atoms with E-state index < -0.39 is 21.6 Å². The predicted octanol–water partition coefficient (Wildman–Crippen LogP) is -1.95. The van der Waals surface area contributed by atoms with Gasteiger partial charge in [0, 0.05) is 0 Å². The van der Waals surface area contributed by atoms with Gasteiger partial charge in [0.1, 0.15) is 17.8 Å². The Balaban J connectivity index is -0.000000500. The smallest absolute Gasteiger partial charge is 1.00 e. The molecule has 4 nitrogen and oxygen atoms in total. The van der Waals surface area contributed by atoms with Crippen LogP contribution in [-0.2, 0) is 14.3 Å². The molecular weight excluding hydrogens is 191 g/mol. The first kappa shape index (κ1) is 14.5. The van der Waals surface area contributed by atoms with E-state index in [9.17, 15) is 8.42 Å². The molecule has 6 heteroatoms. The Labute approximate surface area is 95.8 Å². The second-order valence-corrected chi connectivity index (χ2v) is 3.43. The van der Waals surface area contributed by atoms with Gasteiger partial charge in [-0.15, -0.1) is 0 Å². The van der Waals surface area contributed by atoms with Gasteiger partial charge in [0.25, 0.3) is 0 Å². The van der Waals surface area contributed by atoms with Crippen LogP contribution in [-0.4, -0.2) is 19.3 Å². The topological polar surface area (TPSA) is 63.6 Å². The van der Waals surface area contributed by atoms with Crippen LogP contribution < -0.4 is 29.6 Å². The second kappa shape index (κ2) is 6.54. The van der Waals surface area contributed by atoms with Crippen molar-refractivity contribution in [1.29, 1.82) is 0 Å². The zero-order valence-electron chi connectivity index (χ0n) is 8.15. The van der Waals surface area contributed by atoms with E-state index >= 15 is 0 Å². The monoisotopic (exact) mass is 202 g/mol. The molecule has 0 aromatic heterocycles. The molecule has 0 radical (unpaired) electrons. The first-order valence-electron chi connectivity index (χ1n) is 2.87. The van der Waals surface area contributed by atoms with Crippen molar-refractivity contribution in [2.45, 2.75) is 6.92 Å². The van der Waals surface area contributed by atoms with Crippen molar-refractivity contribution in [3.8, 4) is 0 Å². The average molecular weight is 202 g/mol. The van der Waals surface area contributed by atoms with Crippen LogP contribution in [0.1, 0.15) is 8.35 Å². The molecule has 0 atom stereocenters. The van der Waals surface area contributed by atoms with Crippen LogP contribution in [0.2, 0.25) is 0 Å². The Morgan fingerprint density at radius 2 is 2.25 bits per heavy atom. The molecule has 0 saturated heterocycles. The summed E-state index contributed by atoms with van der Waals surface area (Å²) in [6.45, 7) is 4.64. The minimum Gasteiger partial charge on any atom is -1.00 e. The molecular formula is C6H11NaO4S. The van der Waals surface area contributed by atoms with Gasteiger partial charge in [0.15, 0.2) is 0 Å². The van der Waals surface area contributed by atoms with Gasteiger partial charge >= 0.3 is 39.7 Å². The van der Waals surface area contributed by atoms with Crippen molar-refractivity contribution in [2.75, 3.05) is 5.75 Å². The van der Waals surface area contributed by atoms with Crippen molar-refractivity contribution >= 4 is 10.1 Å². The molecule has 0 bridgehead atoms. The molecule has 66 valence electrons. The number of hydrogen-bond donors (Lipinski definition) is 1.